The lowest BCUT2D eigenvalue weighted by molar-refractivity contribution is -0.133. The predicted molar refractivity (Wildman–Crippen MR) is 150 cm³/mol. The molecule has 7 nitrogen and oxygen atoms in total. The minimum absolute atomic E-state index is 0. The normalized spacial score (nSPS) is 13.9. The van der Waals surface area contributed by atoms with Gasteiger partial charge in [-0.15, -0.1) is 23.7 Å². The van der Waals surface area contributed by atoms with Crippen molar-refractivity contribution in [2.45, 2.75) is 27.7 Å². The summed E-state index contributed by atoms with van der Waals surface area (Å²) in [6.45, 7) is 10.3. The highest BCUT2D eigenvalue weighted by atomic mass is 35.5. The molecule has 1 saturated heterocycles. The zero-order valence-corrected chi connectivity index (χ0v) is 22.7. The molecule has 0 aliphatic carbocycles. The number of nitrogens with two attached hydrogens (primary N) is 1. The Kier molecular flexibility index (Phi) is 8.87. The van der Waals surface area contributed by atoms with E-state index in [2.05, 4.69) is 9.89 Å². The number of thiophene rings is 1. The Hall–Kier alpha value is -3.23. The quantitative estimate of drug-likeness (QED) is 0.351. The van der Waals surface area contributed by atoms with Gasteiger partial charge in [0.25, 0.3) is 5.91 Å². The molecule has 9 heteroatoms. The van der Waals surface area contributed by atoms with Crippen molar-refractivity contribution < 1.29 is 14.6 Å². The average molecular weight is 529 g/mol. The number of ether oxygens (including phenoxy) is 1. The number of anilines is 1. The van der Waals surface area contributed by atoms with Crippen LogP contribution in [0.15, 0.2) is 46.8 Å². The van der Waals surface area contributed by atoms with Crippen molar-refractivity contribution in [1.29, 1.82) is 0 Å². The van der Waals surface area contributed by atoms with Crippen LogP contribution < -0.4 is 15.4 Å². The third kappa shape index (κ3) is 5.77. The van der Waals surface area contributed by atoms with E-state index in [0.29, 0.717) is 30.4 Å². The smallest absolute Gasteiger partial charge is 0.260 e. The lowest BCUT2D eigenvalue weighted by atomic mass is 9.98. The van der Waals surface area contributed by atoms with Crippen LogP contribution in [0.25, 0.3) is 0 Å². The molecule has 3 N–H and O–H groups in total. The molecule has 36 heavy (non-hydrogen) atoms. The summed E-state index contributed by atoms with van der Waals surface area (Å²) in [5.74, 6) is 1.47. The number of hydrogen-bond acceptors (Lipinski definition) is 6. The van der Waals surface area contributed by atoms with E-state index < -0.39 is 0 Å². The maximum Gasteiger partial charge on any atom is 0.260 e. The Morgan fingerprint density at radius 2 is 1.61 bits per heavy atom. The fraction of sp³-hybridized carbons (Fsp3) is 0.333. The van der Waals surface area contributed by atoms with Crippen molar-refractivity contribution in [3.05, 3.63) is 68.9 Å². The van der Waals surface area contributed by atoms with Crippen LogP contribution >= 0.6 is 23.7 Å². The van der Waals surface area contributed by atoms with Gasteiger partial charge in [0.2, 0.25) is 0 Å². The summed E-state index contributed by atoms with van der Waals surface area (Å²) in [5, 5.41) is 12.2. The van der Waals surface area contributed by atoms with Gasteiger partial charge in [-0.1, -0.05) is 6.07 Å². The molecule has 2 heterocycles. The number of hydrogen-bond donors (Lipinski definition) is 2. The van der Waals surface area contributed by atoms with Gasteiger partial charge in [0.05, 0.1) is 10.6 Å². The Morgan fingerprint density at radius 1 is 1.00 bits per heavy atom. The summed E-state index contributed by atoms with van der Waals surface area (Å²) in [6, 6.07) is 11.9. The summed E-state index contributed by atoms with van der Waals surface area (Å²) in [7, 11) is 0. The number of phenols is 1. The topological polar surface area (TPSA) is 91.4 Å². The van der Waals surface area contributed by atoms with Crippen LogP contribution in [0.3, 0.4) is 0 Å². The Labute approximate surface area is 222 Å². The molecule has 0 atom stereocenters. The second-order valence-electron chi connectivity index (χ2n) is 8.82. The van der Waals surface area contributed by atoms with Crippen LogP contribution in [0.1, 0.15) is 27.1 Å². The molecule has 0 unspecified atom stereocenters. The number of aromatic hydroxyl groups is 1. The van der Waals surface area contributed by atoms with Crippen molar-refractivity contribution in [2.24, 2.45) is 10.7 Å². The lowest BCUT2D eigenvalue weighted by Crippen LogP contribution is -2.50. The van der Waals surface area contributed by atoms with E-state index in [4.69, 9.17) is 10.5 Å². The highest BCUT2D eigenvalue weighted by molar-refractivity contribution is 7.12. The predicted octanol–water partition coefficient (Wildman–Crippen LogP) is 4.87. The first-order chi connectivity index (χ1) is 16.8. The molecular formula is C27H33ClN4O3S. The minimum atomic E-state index is -0.0273. The third-order valence-electron chi connectivity index (χ3n) is 6.73. The van der Waals surface area contributed by atoms with Gasteiger partial charge in [-0.2, -0.15) is 0 Å². The second-order valence-corrected chi connectivity index (χ2v) is 9.77. The van der Waals surface area contributed by atoms with Gasteiger partial charge in [0.1, 0.15) is 17.3 Å². The molecule has 1 aromatic heterocycles. The van der Waals surface area contributed by atoms with Crippen molar-refractivity contribution in [3.63, 3.8) is 0 Å². The Morgan fingerprint density at radius 3 is 2.17 bits per heavy atom. The monoisotopic (exact) mass is 528 g/mol. The van der Waals surface area contributed by atoms with Gasteiger partial charge >= 0.3 is 0 Å². The van der Waals surface area contributed by atoms with Gasteiger partial charge in [0, 0.05) is 31.9 Å². The number of amidine groups is 1. The molecule has 0 radical (unpaired) electrons. The molecule has 1 aliphatic heterocycles. The molecule has 2 aromatic carbocycles. The Balaban J connectivity index is 0.00000361. The number of phenolic OH excluding ortho intramolecular Hbond substituents is 1. The van der Waals surface area contributed by atoms with E-state index >= 15 is 0 Å². The van der Waals surface area contributed by atoms with Crippen LogP contribution in [0, 0.1) is 27.7 Å². The molecule has 0 saturated carbocycles. The SMILES string of the molecule is Cc1c(C)c(OCC(=O)N2CCN(c3ccc(/N=C(\N)c4cccs4)cc3)CC2)c(C)c(C)c1O.Cl. The molecule has 1 amide bonds. The number of halogens is 1. The number of piperazine rings is 1. The van der Waals surface area contributed by atoms with Crippen LogP contribution in [0.2, 0.25) is 0 Å². The van der Waals surface area contributed by atoms with Gasteiger partial charge in [0.15, 0.2) is 6.61 Å². The van der Waals surface area contributed by atoms with Gasteiger partial charge in [-0.3, -0.25) is 4.79 Å². The van der Waals surface area contributed by atoms with E-state index in [1.165, 1.54) is 0 Å². The van der Waals surface area contributed by atoms with E-state index in [-0.39, 0.29) is 24.9 Å². The number of aliphatic imine (C=N–C) groups is 1. The summed E-state index contributed by atoms with van der Waals surface area (Å²) in [6.07, 6.45) is 0. The van der Waals surface area contributed by atoms with Crippen LogP contribution in [0.5, 0.6) is 11.5 Å². The van der Waals surface area contributed by atoms with Crippen molar-refractivity contribution in [1.82, 2.24) is 4.90 Å². The number of benzene rings is 2. The zero-order chi connectivity index (χ0) is 25.1. The molecule has 4 rings (SSSR count). The number of amides is 1. The third-order valence-corrected chi connectivity index (χ3v) is 7.62. The number of rotatable bonds is 6. The molecule has 3 aromatic rings. The summed E-state index contributed by atoms with van der Waals surface area (Å²) in [5.41, 5.74) is 11.3. The summed E-state index contributed by atoms with van der Waals surface area (Å²) in [4.78, 5) is 22.4. The fourth-order valence-corrected chi connectivity index (χ4v) is 4.90. The molecule has 0 bridgehead atoms. The van der Waals surface area contributed by atoms with Crippen LogP contribution in [-0.4, -0.2) is 54.5 Å². The first kappa shape index (κ1) is 27.4. The van der Waals surface area contributed by atoms with Gasteiger partial charge in [-0.05, 0) is 85.7 Å². The first-order valence-corrected chi connectivity index (χ1v) is 12.6. The molecule has 1 aliphatic rings. The van der Waals surface area contributed by atoms with Crippen molar-refractivity contribution in [3.8, 4) is 11.5 Å². The van der Waals surface area contributed by atoms with E-state index in [0.717, 1.165) is 51.6 Å². The second kappa shape index (κ2) is 11.7. The maximum atomic E-state index is 12.8. The van der Waals surface area contributed by atoms with E-state index in [1.54, 1.807) is 11.3 Å². The van der Waals surface area contributed by atoms with Crippen molar-refractivity contribution >= 4 is 46.9 Å². The Bertz CT molecular complexity index is 1210. The number of carbonyl (C=O) groups excluding carboxylic acids is 1. The highest BCUT2D eigenvalue weighted by Gasteiger charge is 2.23. The van der Waals surface area contributed by atoms with Gasteiger partial charge < -0.3 is 25.4 Å². The number of carbonyl (C=O) groups is 1. The van der Waals surface area contributed by atoms with Crippen LogP contribution in [0.4, 0.5) is 11.4 Å². The molecule has 1 fully saturated rings. The lowest BCUT2D eigenvalue weighted by Gasteiger charge is -2.36. The van der Waals surface area contributed by atoms with E-state index in [1.807, 2.05) is 74.4 Å². The largest absolute Gasteiger partial charge is 0.507 e. The molecular weight excluding hydrogens is 496 g/mol. The van der Waals surface area contributed by atoms with E-state index in [9.17, 15) is 9.90 Å². The minimum Gasteiger partial charge on any atom is -0.507 e. The summed E-state index contributed by atoms with van der Waals surface area (Å²) >= 11 is 1.57. The highest BCUT2D eigenvalue weighted by Crippen LogP contribution is 2.36. The molecule has 0 spiro atoms. The summed E-state index contributed by atoms with van der Waals surface area (Å²) < 4.78 is 5.94. The first-order valence-electron chi connectivity index (χ1n) is 11.7. The van der Waals surface area contributed by atoms with Crippen molar-refractivity contribution in [2.75, 3.05) is 37.7 Å². The molecule has 192 valence electrons. The standard InChI is InChI=1S/C27H32N4O3S.ClH/c1-17-19(3)26(20(4)18(2)25(17)33)34-16-24(32)31-13-11-30(12-14-31)22-9-7-21(8-10-22)29-27(28)23-6-5-15-35-23;/h5-10,15,33H,11-14,16H2,1-4H3,(H2,28,29);1H. The van der Waals surface area contributed by atoms with Gasteiger partial charge in [-0.25, -0.2) is 4.99 Å². The number of nitrogens with zero attached hydrogens (tertiary/aromatic N) is 3. The van der Waals surface area contributed by atoms with Crippen LogP contribution in [-0.2, 0) is 4.79 Å². The fourth-order valence-electron chi connectivity index (χ4n) is 4.27. The maximum absolute atomic E-state index is 12.8. The zero-order valence-electron chi connectivity index (χ0n) is 21.1. The average Bonchev–Trinajstić information content (AvgIpc) is 3.42.